The molecule has 0 aromatic heterocycles. The van der Waals surface area contributed by atoms with Crippen LogP contribution in [0.2, 0.25) is 0 Å². The van der Waals surface area contributed by atoms with Crippen LogP contribution in [-0.4, -0.2) is 0 Å². The Balaban J connectivity index is 2.22. The van der Waals surface area contributed by atoms with Crippen LogP contribution >= 0.6 is 0 Å². The third-order valence-electron chi connectivity index (χ3n) is 1.91. The van der Waals surface area contributed by atoms with Gasteiger partial charge in [0.05, 0.1) is 0 Å². The van der Waals surface area contributed by atoms with Gasteiger partial charge in [0.2, 0.25) is 0 Å². The highest BCUT2D eigenvalue weighted by atomic mass is 13.9. The Bertz CT molecular complexity index is 115. The van der Waals surface area contributed by atoms with E-state index in [1.54, 1.807) is 0 Å². The summed E-state index contributed by atoms with van der Waals surface area (Å²) in [5.41, 5.74) is 0. The number of rotatable bonds is 0. The molecule has 0 N–H and O–H groups in total. The van der Waals surface area contributed by atoms with Crippen LogP contribution in [0.3, 0.4) is 0 Å². The molecule has 0 spiro atoms. The molecule has 1 rings (SSSR count). The lowest BCUT2D eigenvalue weighted by molar-refractivity contribution is 0.857. The maximum absolute atomic E-state index is 2.39. The van der Waals surface area contributed by atoms with Crippen molar-refractivity contribution in [2.24, 2.45) is 0 Å². The lowest BCUT2D eigenvalue weighted by atomic mass is 10.1. The summed E-state index contributed by atoms with van der Waals surface area (Å²) in [4.78, 5) is 0. The van der Waals surface area contributed by atoms with Crippen LogP contribution in [0.1, 0.15) is 38.5 Å². The summed E-state index contributed by atoms with van der Waals surface area (Å²) in [6, 6.07) is 0. The van der Waals surface area contributed by atoms with Crippen LogP contribution in [0.15, 0.2) is 24.3 Å². The third kappa shape index (κ3) is 4.83. The van der Waals surface area contributed by atoms with Crippen molar-refractivity contribution in [3.63, 3.8) is 0 Å². The summed E-state index contributed by atoms with van der Waals surface area (Å²) in [5, 5.41) is 0. The van der Waals surface area contributed by atoms with Crippen LogP contribution in [0.25, 0.3) is 0 Å². The number of allylic oxidation sites excluding steroid dienone is 4. The minimum Gasteiger partial charge on any atom is -0.0885 e. The van der Waals surface area contributed by atoms with Gasteiger partial charge < -0.3 is 0 Å². The Hall–Kier alpha value is -0.520. The van der Waals surface area contributed by atoms with Crippen molar-refractivity contribution in [2.45, 2.75) is 38.5 Å². The van der Waals surface area contributed by atoms with Gasteiger partial charge in [-0.25, -0.2) is 0 Å². The van der Waals surface area contributed by atoms with Crippen molar-refractivity contribution in [3.05, 3.63) is 30.7 Å². The van der Waals surface area contributed by atoms with Crippen LogP contribution in [0, 0.1) is 6.42 Å². The largest absolute Gasteiger partial charge is 0.0885 e. The van der Waals surface area contributed by atoms with E-state index in [9.17, 15) is 0 Å². The maximum atomic E-state index is 2.39. The fourth-order valence-corrected chi connectivity index (χ4v) is 1.24. The number of hydrogen-bond donors (Lipinski definition) is 0. The van der Waals surface area contributed by atoms with Crippen molar-refractivity contribution >= 4 is 0 Å². The molecule has 0 saturated heterocycles. The summed E-state index contributed by atoms with van der Waals surface area (Å²) in [6.07, 6.45) is 19.0. The van der Waals surface area contributed by atoms with Gasteiger partial charge in [0.15, 0.2) is 0 Å². The first kappa shape index (κ1) is 8.58. The Kier molecular flexibility index (Phi) is 4.84. The van der Waals surface area contributed by atoms with Gasteiger partial charge in [-0.15, -0.1) is 0 Å². The van der Waals surface area contributed by atoms with E-state index in [4.69, 9.17) is 0 Å². The fourth-order valence-electron chi connectivity index (χ4n) is 1.24. The molecule has 0 heterocycles. The lowest BCUT2D eigenvalue weighted by Gasteiger charge is -1.92. The Morgan fingerprint density at radius 2 is 0.818 bits per heavy atom. The second-order valence-corrected chi connectivity index (χ2v) is 2.96. The van der Waals surface area contributed by atoms with E-state index in [2.05, 4.69) is 30.7 Å². The molecule has 0 unspecified atom stereocenters. The minimum atomic E-state index is 1.22. The zero-order chi connectivity index (χ0) is 7.78. The van der Waals surface area contributed by atoms with Gasteiger partial charge >= 0.3 is 0 Å². The molecular formula is C11H17. The smallest absolute Gasteiger partial charge is 0.0316 e. The van der Waals surface area contributed by atoms with Crippen LogP contribution < -0.4 is 0 Å². The topological polar surface area (TPSA) is 0 Å². The summed E-state index contributed by atoms with van der Waals surface area (Å²) in [5.74, 6) is 0. The SMILES string of the molecule is [CH]1CCC=CCCC=CCC1. The molecule has 11 heavy (non-hydrogen) atoms. The molecule has 0 atom stereocenters. The monoisotopic (exact) mass is 149 g/mol. The molecule has 0 aromatic carbocycles. The molecule has 1 radical (unpaired) electrons. The van der Waals surface area contributed by atoms with Gasteiger partial charge in [0.1, 0.15) is 0 Å². The molecule has 0 aliphatic heterocycles. The highest BCUT2D eigenvalue weighted by molar-refractivity contribution is 4.91. The highest BCUT2D eigenvalue weighted by Crippen LogP contribution is 2.06. The van der Waals surface area contributed by atoms with Gasteiger partial charge in [0, 0.05) is 0 Å². The number of hydrogen-bond acceptors (Lipinski definition) is 0. The summed E-state index contributed by atoms with van der Waals surface area (Å²) in [6.45, 7) is 0. The van der Waals surface area contributed by atoms with Gasteiger partial charge in [0.25, 0.3) is 0 Å². The average Bonchev–Trinajstić information content (AvgIpc) is 2.08. The molecule has 0 nitrogen and oxygen atoms in total. The van der Waals surface area contributed by atoms with Gasteiger partial charge in [-0.1, -0.05) is 24.3 Å². The second-order valence-electron chi connectivity index (χ2n) is 2.96. The molecule has 1 aliphatic rings. The van der Waals surface area contributed by atoms with Crippen molar-refractivity contribution < 1.29 is 0 Å². The highest BCUT2D eigenvalue weighted by Gasteiger charge is 1.87. The third-order valence-corrected chi connectivity index (χ3v) is 1.91. The van der Waals surface area contributed by atoms with Gasteiger partial charge in [-0.2, -0.15) is 0 Å². The summed E-state index contributed by atoms with van der Waals surface area (Å²) < 4.78 is 0. The van der Waals surface area contributed by atoms with E-state index >= 15 is 0 Å². The molecular weight excluding hydrogens is 132 g/mol. The predicted molar refractivity (Wildman–Crippen MR) is 50.3 cm³/mol. The van der Waals surface area contributed by atoms with E-state index in [0.717, 1.165) is 0 Å². The Morgan fingerprint density at radius 1 is 0.455 bits per heavy atom. The van der Waals surface area contributed by atoms with Crippen LogP contribution in [0.4, 0.5) is 0 Å². The van der Waals surface area contributed by atoms with E-state index < -0.39 is 0 Å². The summed E-state index contributed by atoms with van der Waals surface area (Å²) >= 11 is 0. The van der Waals surface area contributed by atoms with Crippen molar-refractivity contribution in [1.82, 2.24) is 0 Å². The van der Waals surface area contributed by atoms with Crippen LogP contribution in [-0.2, 0) is 0 Å². The first-order valence-corrected chi connectivity index (χ1v) is 4.62. The minimum absolute atomic E-state index is 1.22. The fraction of sp³-hybridized carbons (Fsp3) is 0.545. The lowest BCUT2D eigenvalue weighted by Crippen LogP contribution is -1.75. The van der Waals surface area contributed by atoms with E-state index in [1.807, 2.05) is 0 Å². The molecule has 0 amide bonds. The molecule has 0 saturated carbocycles. The predicted octanol–water partition coefficient (Wildman–Crippen LogP) is 3.66. The molecule has 61 valence electrons. The molecule has 0 bridgehead atoms. The first-order chi connectivity index (χ1) is 5.50. The average molecular weight is 149 g/mol. The summed E-state index contributed by atoms with van der Waals surface area (Å²) in [7, 11) is 0. The van der Waals surface area contributed by atoms with E-state index in [0.29, 0.717) is 0 Å². The van der Waals surface area contributed by atoms with Gasteiger partial charge in [-0.05, 0) is 44.9 Å². The maximum Gasteiger partial charge on any atom is -0.0316 e. The zero-order valence-corrected chi connectivity index (χ0v) is 7.13. The Morgan fingerprint density at radius 3 is 1.27 bits per heavy atom. The molecule has 0 fully saturated rings. The van der Waals surface area contributed by atoms with Crippen molar-refractivity contribution in [1.29, 1.82) is 0 Å². The Labute approximate surface area is 70.0 Å². The molecule has 0 heteroatoms. The van der Waals surface area contributed by atoms with E-state index in [-0.39, 0.29) is 0 Å². The quantitative estimate of drug-likeness (QED) is 0.461. The standard InChI is InChI=1S/C11H17/c1-2-4-6-8-10-11-9-7-5-3-1/h1-2,7-9H,3-6,10-11H2. The van der Waals surface area contributed by atoms with E-state index in [1.165, 1.54) is 38.5 Å². The van der Waals surface area contributed by atoms with Gasteiger partial charge in [-0.3, -0.25) is 0 Å². The van der Waals surface area contributed by atoms with Crippen LogP contribution in [0.5, 0.6) is 0 Å². The molecule has 0 aromatic rings. The normalized spacial score (nSPS) is 21.1. The van der Waals surface area contributed by atoms with Crippen molar-refractivity contribution in [3.8, 4) is 0 Å². The zero-order valence-electron chi connectivity index (χ0n) is 7.13. The van der Waals surface area contributed by atoms with Crippen molar-refractivity contribution in [2.75, 3.05) is 0 Å². The second kappa shape index (κ2) is 6.21. The molecule has 1 aliphatic carbocycles. The first-order valence-electron chi connectivity index (χ1n) is 4.62.